The number of fused-ring (bicyclic) bond motifs is 1. The van der Waals surface area contributed by atoms with E-state index < -0.39 is 11.6 Å². The molecule has 2 heterocycles. The highest BCUT2D eigenvalue weighted by molar-refractivity contribution is 5.68. The van der Waals surface area contributed by atoms with E-state index in [1.165, 1.54) is 58.2 Å². The van der Waals surface area contributed by atoms with Gasteiger partial charge in [-0.05, 0) is 105 Å². The third-order valence-electron chi connectivity index (χ3n) is 10.3. The quantitative estimate of drug-likeness (QED) is 0.569. The standard InChI is InChI=1S/C29H38F2N4/c1-17-25(15-34(2)33-17)24-3-4-26(28(31)27(24)30)32-23-8-21-13-35(14-22(21)9-23)16-29-10-18-5-19(11-29)7-20(6-18)12-29/h3-4,15,18-23,32H,5-14,16H2,1-2H3/t18?,19?,20?,21-,22+,23+,29?. The molecule has 5 saturated carbocycles. The molecular weight excluding hydrogens is 442 g/mol. The summed E-state index contributed by atoms with van der Waals surface area (Å²) in [6.07, 6.45) is 12.8. The van der Waals surface area contributed by atoms with Crippen LogP contribution in [0.4, 0.5) is 14.5 Å². The Labute approximate surface area is 207 Å². The first-order valence-electron chi connectivity index (χ1n) is 13.8. The zero-order chi connectivity index (χ0) is 23.9. The van der Waals surface area contributed by atoms with Gasteiger partial charge in [0, 0.05) is 50.0 Å². The van der Waals surface area contributed by atoms with E-state index in [4.69, 9.17) is 0 Å². The van der Waals surface area contributed by atoms with Gasteiger partial charge in [0.1, 0.15) is 0 Å². The van der Waals surface area contributed by atoms with Crippen LogP contribution in [0.25, 0.3) is 11.1 Å². The van der Waals surface area contributed by atoms with E-state index in [1.54, 1.807) is 30.1 Å². The van der Waals surface area contributed by atoms with Gasteiger partial charge in [0.05, 0.1) is 11.4 Å². The van der Waals surface area contributed by atoms with Gasteiger partial charge in [-0.1, -0.05) is 0 Å². The fourth-order valence-electron chi connectivity index (χ4n) is 9.55. The Hall–Kier alpha value is -1.95. The summed E-state index contributed by atoms with van der Waals surface area (Å²) in [4.78, 5) is 2.78. The van der Waals surface area contributed by atoms with Crippen LogP contribution in [0.15, 0.2) is 18.3 Å². The number of halogens is 2. The fourth-order valence-corrected chi connectivity index (χ4v) is 9.55. The highest BCUT2D eigenvalue weighted by Gasteiger charge is 2.52. The van der Waals surface area contributed by atoms with E-state index >= 15 is 4.39 Å². The summed E-state index contributed by atoms with van der Waals surface area (Å²) in [5, 5.41) is 7.63. The lowest BCUT2D eigenvalue weighted by Gasteiger charge is -2.57. The summed E-state index contributed by atoms with van der Waals surface area (Å²) in [7, 11) is 1.79. The molecule has 1 aromatic heterocycles. The lowest BCUT2D eigenvalue weighted by atomic mass is 9.49. The van der Waals surface area contributed by atoms with Gasteiger partial charge >= 0.3 is 0 Å². The van der Waals surface area contributed by atoms with Crippen LogP contribution in [0.1, 0.15) is 57.1 Å². The Kier molecular flexibility index (Phi) is 5.10. The van der Waals surface area contributed by atoms with Crippen molar-refractivity contribution in [2.75, 3.05) is 25.0 Å². The molecule has 5 aliphatic carbocycles. The topological polar surface area (TPSA) is 33.1 Å². The molecule has 4 bridgehead atoms. The van der Waals surface area contributed by atoms with Gasteiger partial charge in [0.15, 0.2) is 11.6 Å². The van der Waals surface area contributed by atoms with E-state index in [9.17, 15) is 4.39 Å². The number of benzene rings is 1. The van der Waals surface area contributed by atoms with Gasteiger partial charge in [0.2, 0.25) is 0 Å². The maximum Gasteiger partial charge on any atom is 0.182 e. The molecule has 1 saturated heterocycles. The molecule has 3 atom stereocenters. The Bertz CT molecular complexity index is 1090. The predicted molar refractivity (Wildman–Crippen MR) is 134 cm³/mol. The van der Waals surface area contributed by atoms with Crippen LogP contribution >= 0.6 is 0 Å². The van der Waals surface area contributed by atoms with Crippen LogP contribution in [0.3, 0.4) is 0 Å². The number of anilines is 1. The molecule has 0 unspecified atom stereocenters. The first-order chi connectivity index (χ1) is 16.8. The van der Waals surface area contributed by atoms with E-state index in [2.05, 4.69) is 15.3 Å². The molecule has 8 rings (SSSR count). The van der Waals surface area contributed by atoms with E-state index in [0.717, 1.165) is 30.6 Å². The smallest absolute Gasteiger partial charge is 0.182 e. The zero-order valence-electron chi connectivity index (χ0n) is 21.1. The number of likely N-dealkylation sites (tertiary alicyclic amines) is 1. The second-order valence-electron chi connectivity index (χ2n) is 13.0. The van der Waals surface area contributed by atoms with Crippen molar-refractivity contribution in [2.45, 2.75) is 64.3 Å². The molecule has 6 fully saturated rings. The molecule has 6 aliphatic rings. The van der Waals surface area contributed by atoms with Crippen LogP contribution in [0.2, 0.25) is 0 Å². The van der Waals surface area contributed by atoms with Crippen LogP contribution in [0.5, 0.6) is 0 Å². The summed E-state index contributed by atoms with van der Waals surface area (Å²) < 4.78 is 31.7. The second kappa shape index (κ2) is 8.03. The predicted octanol–water partition coefficient (Wildman–Crippen LogP) is 6.01. The number of hydrogen-bond acceptors (Lipinski definition) is 3. The van der Waals surface area contributed by atoms with Gasteiger partial charge in [0.25, 0.3) is 0 Å². The van der Waals surface area contributed by atoms with Gasteiger partial charge in [-0.25, -0.2) is 8.78 Å². The normalized spacial score (nSPS) is 37.8. The number of rotatable bonds is 5. The summed E-state index contributed by atoms with van der Waals surface area (Å²) >= 11 is 0. The summed E-state index contributed by atoms with van der Waals surface area (Å²) in [6.45, 7) is 5.53. The minimum Gasteiger partial charge on any atom is -0.380 e. The maximum absolute atomic E-state index is 15.0. The number of aryl methyl sites for hydroxylation is 2. The molecule has 2 aromatic rings. The van der Waals surface area contributed by atoms with Gasteiger partial charge in [-0.2, -0.15) is 5.10 Å². The third kappa shape index (κ3) is 3.82. The average molecular weight is 481 g/mol. The monoisotopic (exact) mass is 480 g/mol. The van der Waals surface area contributed by atoms with Crippen molar-refractivity contribution in [1.29, 1.82) is 0 Å². The van der Waals surface area contributed by atoms with Gasteiger partial charge in [-0.15, -0.1) is 0 Å². The Morgan fingerprint density at radius 3 is 2.11 bits per heavy atom. The van der Waals surface area contributed by atoms with Gasteiger partial charge < -0.3 is 10.2 Å². The maximum atomic E-state index is 15.0. The molecule has 0 spiro atoms. The lowest BCUT2D eigenvalue weighted by molar-refractivity contribution is -0.0672. The molecule has 0 amide bonds. The first kappa shape index (κ1) is 22.3. The zero-order valence-corrected chi connectivity index (χ0v) is 21.1. The fraction of sp³-hybridized carbons (Fsp3) is 0.690. The molecule has 1 N–H and O–H groups in total. The molecule has 4 nitrogen and oxygen atoms in total. The van der Waals surface area contributed by atoms with Crippen molar-refractivity contribution in [3.05, 3.63) is 35.7 Å². The number of nitrogens with zero attached hydrogens (tertiary/aromatic N) is 3. The van der Waals surface area contributed by atoms with Gasteiger partial charge in [-0.3, -0.25) is 4.68 Å². The number of aromatic nitrogens is 2. The first-order valence-corrected chi connectivity index (χ1v) is 13.8. The van der Waals surface area contributed by atoms with Crippen LogP contribution in [-0.4, -0.2) is 40.4 Å². The molecule has 6 heteroatoms. The van der Waals surface area contributed by atoms with Crippen LogP contribution in [0, 0.1) is 53.6 Å². The molecular formula is C29H38F2N4. The molecule has 35 heavy (non-hydrogen) atoms. The largest absolute Gasteiger partial charge is 0.380 e. The lowest BCUT2D eigenvalue weighted by Crippen LogP contribution is -2.51. The average Bonchev–Trinajstić information content (AvgIpc) is 3.42. The van der Waals surface area contributed by atoms with Crippen molar-refractivity contribution >= 4 is 5.69 Å². The van der Waals surface area contributed by atoms with E-state index in [0.29, 0.717) is 34.2 Å². The molecule has 188 valence electrons. The van der Waals surface area contributed by atoms with Crippen molar-refractivity contribution in [2.24, 2.45) is 42.1 Å². The minimum absolute atomic E-state index is 0.228. The van der Waals surface area contributed by atoms with E-state index in [1.807, 2.05) is 6.92 Å². The molecule has 1 aliphatic heterocycles. The van der Waals surface area contributed by atoms with Crippen molar-refractivity contribution in [3.8, 4) is 11.1 Å². The number of nitrogens with one attached hydrogen (secondary N) is 1. The Balaban J connectivity index is 0.988. The molecule has 0 radical (unpaired) electrons. The Morgan fingerprint density at radius 1 is 0.914 bits per heavy atom. The molecule has 1 aromatic carbocycles. The van der Waals surface area contributed by atoms with Crippen LogP contribution < -0.4 is 5.32 Å². The third-order valence-corrected chi connectivity index (χ3v) is 10.3. The minimum atomic E-state index is -0.786. The summed E-state index contributed by atoms with van der Waals surface area (Å²) in [5.41, 5.74) is 2.53. The highest BCUT2D eigenvalue weighted by Crippen LogP contribution is 2.60. The second-order valence-corrected chi connectivity index (χ2v) is 13.0. The highest BCUT2D eigenvalue weighted by atomic mass is 19.2. The van der Waals surface area contributed by atoms with Crippen LogP contribution in [-0.2, 0) is 7.05 Å². The summed E-state index contributed by atoms with van der Waals surface area (Å²) in [5.74, 6) is 2.86. The Morgan fingerprint density at radius 2 is 1.54 bits per heavy atom. The van der Waals surface area contributed by atoms with Crippen molar-refractivity contribution in [3.63, 3.8) is 0 Å². The summed E-state index contributed by atoms with van der Waals surface area (Å²) in [6, 6.07) is 3.62. The SMILES string of the molecule is Cc1nn(C)cc1-c1ccc(N[C@H]2C[C@@H]3CN(CC45CC6CC(CC(C6)C4)C5)C[C@@H]3C2)c(F)c1F. The van der Waals surface area contributed by atoms with Crippen molar-refractivity contribution in [1.82, 2.24) is 14.7 Å². The van der Waals surface area contributed by atoms with E-state index in [-0.39, 0.29) is 11.6 Å². The van der Waals surface area contributed by atoms with Crippen molar-refractivity contribution < 1.29 is 8.78 Å². The number of hydrogen-bond donors (Lipinski definition) is 1.